The summed E-state index contributed by atoms with van der Waals surface area (Å²) in [6, 6.07) is 12.5. The summed E-state index contributed by atoms with van der Waals surface area (Å²) in [7, 11) is 0. The second-order valence-electron chi connectivity index (χ2n) is 6.90. The molecule has 0 saturated heterocycles. The molecule has 2 aromatic carbocycles. The van der Waals surface area contributed by atoms with E-state index in [1.165, 1.54) is 22.5 Å². The van der Waals surface area contributed by atoms with Gasteiger partial charge in [-0.1, -0.05) is 24.3 Å². The zero-order valence-corrected chi connectivity index (χ0v) is 17.4. The van der Waals surface area contributed by atoms with E-state index in [4.69, 9.17) is 0 Å². The molecule has 3 aromatic rings. The second-order valence-corrected chi connectivity index (χ2v) is 7.76. The van der Waals surface area contributed by atoms with Crippen LogP contribution in [0, 0.1) is 0 Å². The lowest BCUT2D eigenvalue weighted by Crippen LogP contribution is -2.30. The maximum Gasteiger partial charge on any atom is 0.416 e. The Morgan fingerprint density at radius 2 is 1.80 bits per heavy atom. The Kier molecular flexibility index (Phi) is 6.80. The van der Waals surface area contributed by atoms with Crippen LogP contribution in [0.5, 0.6) is 0 Å². The van der Waals surface area contributed by atoms with E-state index in [2.05, 4.69) is 33.4 Å². The first-order chi connectivity index (χ1) is 13.9. The average Bonchev–Trinajstić information content (AvgIpc) is 3.14. The van der Waals surface area contributed by atoms with E-state index < -0.39 is 17.6 Å². The molecule has 30 heavy (non-hydrogen) atoms. The van der Waals surface area contributed by atoms with Crippen LogP contribution in [0.15, 0.2) is 53.9 Å². The van der Waals surface area contributed by atoms with E-state index in [0.717, 1.165) is 49.5 Å². The number of hydrogen-bond donors (Lipinski definition) is 1. The Morgan fingerprint density at radius 1 is 1.10 bits per heavy atom. The van der Waals surface area contributed by atoms with E-state index >= 15 is 0 Å². The van der Waals surface area contributed by atoms with E-state index in [1.54, 1.807) is 0 Å². The van der Waals surface area contributed by atoms with Crippen molar-refractivity contribution in [3.63, 3.8) is 0 Å². The van der Waals surface area contributed by atoms with Crippen molar-refractivity contribution in [3.8, 4) is 0 Å². The number of alkyl halides is 3. The molecule has 0 spiro atoms. The molecular formula is C21H19ClF3N3OS. The summed E-state index contributed by atoms with van der Waals surface area (Å²) in [5, 5.41) is 4.98. The van der Waals surface area contributed by atoms with Crippen LogP contribution in [0.4, 0.5) is 18.3 Å². The molecule has 0 fully saturated rings. The maximum atomic E-state index is 12.6. The van der Waals surface area contributed by atoms with Gasteiger partial charge < -0.3 is 0 Å². The lowest BCUT2D eigenvalue weighted by molar-refractivity contribution is -0.137. The molecule has 1 aliphatic rings. The van der Waals surface area contributed by atoms with Crippen LogP contribution in [0.1, 0.15) is 32.7 Å². The average molecular weight is 454 g/mol. The van der Waals surface area contributed by atoms with Crippen LogP contribution >= 0.6 is 23.7 Å². The number of anilines is 1. The van der Waals surface area contributed by atoms with Gasteiger partial charge in [0.25, 0.3) is 5.91 Å². The number of halogens is 4. The summed E-state index contributed by atoms with van der Waals surface area (Å²) in [5.41, 5.74) is 2.93. The molecule has 2 heterocycles. The van der Waals surface area contributed by atoms with Gasteiger partial charge in [0.15, 0.2) is 5.13 Å². The van der Waals surface area contributed by atoms with E-state index in [9.17, 15) is 18.0 Å². The molecule has 0 unspecified atom stereocenters. The maximum absolute atomic E-state index is 12.6. The molecule has 1 amide bonds. The summed E-state index contributed by atoms with van der Waals surface area (Å²) in [4.78, 5) is 19.0. The fourth-order valence-corrected chi connectivity index (χ4v) is 4.03. The van der Waals surface area contributed by atoms with E-state index in [0.29, 0.717) is 11.7 Å². The Labute approximate surface area is 182 Å². The smallest absolute Gasteiger partial charge is 0.298 e. The number of carbonyl (C=O) groups excluding carboxylic acids is 1. The quantitative estimate of drug-likeness (QED) is 0.575. The third kappa shape index (κ3) is 5.19. The molecule has 0 radical (unpaired) electrons. The predicted molar refractivity (Wildman–Crippen MR) is 113 cm³/mol. The van der Waals surface area contributed by atoms with Crippen LogP contribution in [0.3, 0.4) is 0 Å². The number of rotatable bonds is 4. The lowest BCUT2D eigenvalue weighted by Gasteiger charge is -2.27. The SMILES string of the molecule is Cl.O=C(Nc1nc(CN2CCc3ccccc3C2)cs1)c1ccc(C(F)(F)F)cc1. The largest absolute Gasteiger partial charge is 0.416 e. The van der Waals surface area contributed by atoms with Crippen LogP contribution < -0.4 is 5.32 Å². The molecule has 0 saturated carbocycles. The fourth-order valence-electron chi connectivity index (χ4n) is 3.34. The number of nitrogens with zero attached hydrogens (tertiary/aromatic N) is 2. The van der Waals surface area contributed by atoms with Crippen LogP contribution in [-0.2, 0) is 25.7 Å². The third-order valence-corrected chi connectivity index (χ3v) is 5.65. The first-order valence-electron chi connectivity index (χ1n) is 9.10. The van der Waals surface area contributed by atoms with Gasteiger partial charge in [-0.2, -0.15) is 13.2 Å². The molecule has 0 bridgehead atoms. The highest BCUT2D eigenvalue weighted by Gasteiger charge is 2.30. The number of benzene rings is 2. The predicted octanol–water partition coefficient (Wildman–Crippen LogP) is 5.39. The minimum Gasteiger partial charge on any atom is -0.298 e. The molecule has 1 aliphatic heterocycles. The van der Waals surface area contributed by atoms with Crippen molar-refractivity contribution in [1.82, 2.24) is 9.88 Å². The van der Waals surface area contributed by atoms with Gasteiger partial charge in [0.2, 0.25) is 0 Å². The van der Waals surface area contributed by atoms with Gasteiger partial charge in [-0.25, -0.2) is 4.98 Å². The summed E-state index contributed by atoms with van der Waals surface area (Å²) < 4.78 is 37.9. The van der Waals surface area contributed by atoms with Gasteiger partial charge in [0.05, 0.1) is 11.3 Å². The number of carbonyl (C=O) groups is 1. The van der Waals surface area contributed by atoms with Crippen molar-refractivity contribution in [1.29, 1.82) is 0 Å². The van der Waals surface area contributed by atoms with E-state index in [1.807, 2.05) is 11.4 Å². The molecule has 1 N–H and O–H groups in total. The summed E-state index contributed by atoms with van der Waals surface area (Å²) in [5.74, 6) is -0.480. The highest BCUT2D eigenvalue weighted by Crippen LogP contribution is 2.29. The van der Waals surface area contributed by atoms with Crippen LogP contribution in [0.25, 0.3) is 0 Å². The fraction of sp³-hybridized carbons (Fsp3) is 0.238. The molecule has 4 nitrogen and oxygen atoms in total. The monoisotopic (exact) mass is 453 g/mol. The highest BCUT2D eigenvalue weighted by atomic mass is 35.5. The first kappa shape index (κ1) is 22.3. The topological polar surface area (TPSA) is 45.2 Å². The van der Waals surface area contributed by atoms with Crippen LogP contribution in [0.2, 0.25) is 0 Å². The van der Waals surface area contributed by atoms with E-state index in [-0.39, 0.29) is 18.0 Å². The van der Waals surface area contributed by atoms with Crippen molar-refractivity contribution >= 4 is 34.8 Å². The van der Waals surface area contributed by atoms with Crippen molar-refractivity contribution < 1.29 is 18.0 Å². The zero-order chi connectivity index (χ0) is 20.4. The molecule has 0 aliphatic carbocycles. The number of fused-ring (bicyclic) bond motifs is 1. The van der Waals surface area contributed by atoms with Crippen LogP contribution in [-0.4, -0.2) is 22.3 Å². The number of aromatic nitrogens is 1. The standard InChI is InChI=1S/C21H18F3N3OS.ClH/c22-21(23,24)17-7-5-15(6-8-17)19(28)26-20-25-18(13-29-20)12-27-10-9-14-3-1-2-4-16(14)11-27;/h1-8,13H,9-12H2,(H,25,26,28);1H. The van der Waals surface area contributed by atoms with Crippen molar-refractivity contribution in [2.24, 2.45) is 0 Å². The number of thiazole rings is 1. The van der Waals surface area contributed by atoms with Crippen molar-refractivity contribution in [2.75, 3.05) is 11.9 Å². The normalized spacial score (nSPS) is 14.0. The Balaban J connectivity index is 0.00000256. The number of amides is 1. The zero-order valence-electron chi connectivity index (χ0n) is 15.8. The Hall–Kier alpha value is -2.42. The minimum atomic E-state index is -4.42. The Bertz CT molecular complexity index is 1020. The third-order valence-electron chi connectivity index (χ3n) is 4.84. The summed E-state index contributed by atoms with van der Waals surface area (Å²) in [6.45, 7) is 2.49. The van der Waals surface area contributed by atoms with Gasteiger partial charge in [-0.15, -0.1) is 23.7 Å². The van der Waals surface area contributed by atoms with Crippen molar-refractivity contribution in [3.05, 3.63) is 81.9 Å². The molecule has 0 atom stereocenters. The number of hydrogen-bond acceptors (Lipinski definition) is 4. The van der Waals surface area contributed by atoms with Gasteiger partial charge >= 0.3 is 6.18 Å². The Morgan fingerprint density at radius 3 is 2.50 bits per heavy atom. The molecule has 9 heteroatoms. The molecule has 1 aromatic heterocycles. The lowest BCUT2D eigenvalue weighted by atomic mass is 10.00. The first-order valence-corrected chi connectivity index (χ1v) is 9.98. The van der Waals surface area contributed by atoms with Gasteiger partial charge in [0.1, 0.15) is 0 Å². The van der Waals surface area contributed by atoms with Crippen molar-refractivity contribution in [2.45, 2.75) is 25.7 Å². The summed E-state index contributed by atoms with van der Waals surface area (Å²) in [6.07, 6.45) is -3.42. The highest BCUT2D eigenvalue weighted by molar-refractivity contribution is 7.13. The minimum absolute atomic E-state index is 0. The molecule has 158 valence electrons. The summed E-state index contributed by atoms with van der Waals surface area (Å²) >= 11 is 1.30. The number of nitrogens with one attached hydrogen (secondary N) is 1. The molecular weight excluding hydrogens is 435 g/mol. The van der Waals surface area contributed by atoms with Gasteiger partial charge in [-0.05, 0) is 41.8 Å². The molecule has 4 rings (SSSR count). The van der Waals surface area contributed by atoms with Gasteiger partial charge in [0, 0.05) is 30.6 Å². The second kappa shape index (κ2) is 9.16. The van der Waals surface area contributed by atoms with Gasteiger partial charge in [-0.3, -0.25) is 15.0 Å².